The van der Waals surface area contributed by atoms with Crippen molar-refractivity contribution in [3.05, 3.63) is 99.6 Å². The van der Waals surface area contributed by atoms with Crippen LogP contribution in [0.15, 0.2) is 78.4 Å². The van der Waals surface area contributed by atoms with Crippen molar-refractivity contribution in [2.75, 3.05) is 17.3 Å². The number of benzene rings is 3. The van der Waals surface area contributed by atoms with E-state index in [0.29, 0.717) is 11.4 Å². The van der Waals surface area contributed by atoms with Gasteiger partial charge in [0.15, 0.2) is 0 Å². The van der Waals surface area contributed by atoms with E-state index in [4.69, 9.17) is 0 Å². The number of nitriles is 1. The van der Waals surface area contributed by atoms with Crippen LogP contribution in [-0.2, 0) is 11.0 Å². The van der Waals surface area contributed by atoms with E-state index in [1.54, 1.807) is 42.3 Å². The number of hydrogen-bond donors (Lipinski definition) is 1. The Morgan fingerprint density at radius 3 is 2.41 bits per heavy atom. The summed E-state index contributed by atoms with van der Waals surface area (Å²) in [5, 5.41) is 23.3. The topological polar surface area (TPSA) is 99.3 Å². The quantitative estimate of drug-likeness (QED) is 0.210. The van der Waals surface area contributed by atoms with Crippen molar-refractivity contribution in [2.45, 2.75) is 6.18 Å². The van der Waals surface area contributed by atoms with Gasteiger partial charge in [-0.15, -0.1) is 0 Å². The first-order chi connectivity index (χ1) is 16.1. The maximum atomic E-state index is 12.9. The molecule has 0 saturated heterocycles. The summed E-state index contributed by atoms with van der Waals surface area (Å²) in [5.74, 6) is -0.949. The fraction of sp³-hybridized carbons (Fsp3) is 0.0833. The first kappa shape index (κ1) is 24.0. The predicted octanol–water partition coefficient (Wildman–Crippen LogP) is 5.93. The van der Waals surface area contributed by atoms with Crippen LogP contribution in [0, 0.1) is 21.4 Å². The Labute approximate surface area is 192 Å². The van der Waals surface area contributed by atoms with Crippen LogP contribution in [-0.4, -0.2) is 17.9 Å². The van der Waals surface area contributed by atoms with Crippen molar-refractivity contribution in [3.8, 4) is 6.07 Å². The van der Waals surface area contributed by atoms with Crippen molar-refractivity contribution in [3.63, 3.8) is 0 Å². The van der Waals surface area contributed by atoms with Gasteiger partial charge in [0.05, 0.1) is 10.5 Å². The number of carbonyl (C=O) groups excluding carboxylic acids is 1. The van der Waals surface area contributed by atoms with E-state index in [0.717, 1.165) is 24.3 Å². The summed E-state index contributed by atoms with van der Waals surface area (Å²) in [6, 6.07) is 18.8. The first-order valence-electron chi connectivity index (χ1n) is 9.78. The van der Waals surface area contributed by atoms with Crippen LogP contribution >= 0.6 is 0 Å². The van der Waals surface area contributed by atoms with Gasteiger partial charge in [-0.1, -0.05) is 30.3 Å². The zero-order chi connectivity index (χ0) is 24.9. The fourth-order valence-corrected chi connectivity index (χ4v) is 3.14. The van der Waals surface area contributed by atoms with Gasteiger partial charge in [-0.3, -0.25) is 14.9 Å². The monoisotopic (exact) mass is 466 g/mol. The van der Waals surface area contributed by atoms with Crippen molar-refractivity contribution in [2.24, 2.45) is 0 Å². The average Bonchev–Trinajstić information content (AvgIpc) is 2.82. The number of nitrogens with zero attached hydrogens (tertiary/aromatic N) is 3. The van der Waals surface area contributed by atoms with E-state index < -0.39 is 28.1 Å². The molecule has 0 unspecified atom stereocenters. The summed E-state index contributed by atoms with van der Waals surface area (Å²) in [4.78, 5) is 25.2. The van der Waals surface area contributed by atoms with E-state index in [9.17, 15) is 33.3 Å². The van der Waals surface area contributed by atoms with E-state index in [-0.39, 0.29) is 16.9 Å². The minimum absolute atomic E-state index is 0.146. The largest absolute Gasteiger partial charge is 0.416 e. The number of nitro groups is 1. The van der Waals surface area contributed by atoms with Gasteiger partial charge in [0.25, 0.3) is 11.6 Å². The van der Waals surface area contributed by atoms with Crippen LogP contribution < -0.4 is 10.2 Å². The third-order valence-electron chi connectivity index (χ3n) is 4.82. The van der Waals surface area contributed by atoms with E-state index in [1.165, 1.54) is 24.3 Å². The molecule has 0 saturated carbocycles. The van der Waals surface area contributed by atoms with Crippen molar-refractivity contribution >= 4 is 34.7 Å². The van der Waals surface area contributed by atoms with Crippen LogP contribution in [0.4, 0.5) is 35.9 Å². The predicted molar refractivity (Wildman–Crippen MR) is 121 cm³/mol. The van der Waals surface area contributed by atoms with Gasteiger partial charge in [0.2, 0.25) is 0 Å². The van der Waals surface area contributed by atoms with Crippen LogP contribution in [0.5, 0.6) is 0 Å². The van der Waals surface area contributed by atoms with Crippen LogP contribution in [0.25, 0.3) is 6.08 Å². The molecule has 3 aromatic carbocycles. The molecule has 0 atom stereocenters. The lowest BCUT2D eigenvalue weighted by Gasteiger charge is -2.19. The maximum Gasteiger partial charge on any atom is 0.416 e. The Bertz CT molecular complexity index is 1300. The van der Waals surface area contributed by atoms with Crippen LogP contribution in [0.2, 0.25) is 0 Å². The average molecular weight is 466 g/mol. The number of alkyl halides is 3. The number of nitro benzene ring substituents is 1. The molecule has 0 heterocycles. The van der Waals surface area contributed by atoms with Gasteiger partial charge in [-0.2, -0.15) is 18.4 Å². The van der Waals surface area contributed by atoms with Crippen molar-refractivity contribution in [1.29, 1.82) is 5.26 Å². The number of rotatable bonds is 6. The Hall–Kier alpha value is -4.65. The molecule has 0 radical (unpaired) electrons. The highest BCUT2D eigenvalue weighted by Crippen LogP contribution is 2.34. The van der Waals surface area contributed by atoms with Gasteiger partial charge in [0, 0.05) is 24.5 Å². The van der Waals surface area contributed by atoms with Crippen molar-refractivity contribution < 1.29 is 22.9 Å². The van der Waals surface area contributed by atoms with Gasteiger partial charge in [-0.05, 0) is 48.0 Å². The van der Waals surface area contributed by atoms with Crippen LogP contribution in [0.3, 0.4) is 0 Å². The molecule has 0 bridgehead atoms. The highest BCUT2D eigenvalue weighted by atomic mass is 19.4. The standard InChI is InChI=1S/C24H17F3N4O3/c1-30(20-8-3-2-4-9-20)21-11-10-16(13-22(21)31(33)34)12-17(15-28)23(32)29-19-7-5-6-18(14-19)24(25,26)27/h2-14H,1H3,(H,29,32)/b17-12-. The summed E-state index contributed by atoms with van der Waals surface area (Å²) < 4.78 is 38.7. The summed E-state index contributed by atoms with van der Waals surface area (Å²) >= 11 is 0. The zero-order valence-corrected chi connectivity index (χ0v) is 17.7. The van der Waals surface area contributed by atoms with E-state index in [2.05, 4.69) is 5.32 Å². The molecular formula is C24H17F3N4O3. The summed E-state index contributed by atoms with van der Waals surface area (Å²) in [7, 11) is 1.66. The Morgan fingerprint density at radius 1 is 1.09 bits per heavy atom. The highest BCUT2D eigenvalue weighted by molar-refractivity contribution is 6.09. The molecule has 0 spiro atoms. The number of anilines is 3. The molecule has 3 rings (SSSR count). The van der Waals surface area contributed by atoms with Gasteiger partial charge in [-0.25, -0.2) is 0 Å². The molecule has 3 aromatic rings. The zero-order valence-electron chi connectivity index (χ0n) is 17.7. The highest BCUT2D eigenvalue weighted by Gasteiger charge is 2.30. The molecule has 7 nitrogen and oxygen atoms in total. The molecule has 172 valence electrons. The summed E-state index contributed by atoms with van der Waals surface area (Å²) in [5.41, 5.74) is -0.583. The molecule has 0 aliphatic carbocycles. The number of hydrogen-bond acceptors (Lipinski definition) is 5. The SMILES string of the molecule is CN(c1ccccc1)c1ccc(/C=C(/C#N)C(=O)Nc2cccc(C(F)(F)F)c2)cc1[N+](=O)[O-]. The Balaban J connectivity index is 1.90. The molecule has 10 heteroatoms. The third kappa shape index (κ3) is 5.58. The second-order valence-corrected chi connectivity index (χ2v) is 7.10. The molecule has 0 fully saturated rings. The second kappa shape index (κ2) is 9.87. The number of halogens is 3. The number of amides is 1. The normalized spacial score (nSPS) is 11.4. The molecule has 1 amide bonds. The molecular weight excluding hydrogens is 449 g/mol. The van der Waals surface area contributed by atoms with E-state index >= 15 is 0 Å². The fourth-order valence-electron chi connectivity index (χ4n) is 3.14. The number of para-hydroxylation sites is 1. The second-order valence-electron chi connectivity index (χ2n) is 7.10. The lowest BCUT2D eigenvalue weighted by molar-refractivity contribution is -0.384. The minimum atomic E-state index is -4.60. The van der Waals surface area contributed by atoms with Gasteiger partial charge >= 0.3 is 6.18 Å². The Morgan fingerprint density at radius 2 is 1.79 bits per heavy atom. The van der Waals surface area contributed by atoms with Crippen LogP contribution in [0.1, 0.15) is 11.1 Å². The lowest BCUT2D eigenvalue weighted by Crippen LogP contribution is -2.14. The molecule has 34 heavy (non-hydrogen) atoms. The lowest BCUT2D eigenvalue weighted by atomic mass is 10.1. The minimum Gasteiger partial charge on any atom is -0.339 e. The number of carbonyl (C=O) groups is 1. The van der Waals surface area contributed by atoms with Gasteiger partial charge < -0.3 is 10.2 Å². The summed E-state index contributed by atoms with van der Waals surface area (Å²) in [6.45, 7) is 0. The van der Waals surface area contributed by atoms with Gasteiger partial charge in [0.1, 0.15) is 17.3 Å². The number of nitrogens with one attached hydrogen (secondary N) is 1. The first-order valence-corrected chi connectivity index (χ1v) is 9.78. The summed E-state index contributed by atoms with van der Waals surface area (Å²) in [6.07, 6.45) is -3.47. The van der Waals surface area contributed by atoms with Crippen molar-refractivity contribution in [1.82, 2.24) is 0 Å². The Kier molecular flexibility index (Phi) is 6.97. The molecule has 0 aliphatic heterocycles. The van der Waals surface area contributed by atoms with E-state index in [1.807, 2.05) is 6.07 Å². The smallest absolute Gasteiger partial charge is 0.339 e. The maximum absolute atomic E-state index is 12.9. The molecule has 0 aliphatic rings. The third-order valence-corrected chi connectivity index (χ3v) is 4.82. The molecule has 1 N–H and O–H groups in total. The molecule has 0 aromatic heterocycles.